The summed E-state index contributed by atoms with van der Waals surface area (Å²) in [4.78, 5) is 38.3. The van der Waals surface area contributed by atoms with Crippen molar-refractivity contribution in [2.75, 3.05) is 13.2 Å². The lowest BCUT2D eigenvalue weighted by Crippen LogP contribution is -2.30. The minimum absolute atomic E-state index is 0.0977. The molecule has 0 rings (SSSR count). The van der Waals surface area contributed by atoms with E-state index in [1.54, 1.807) is 0 Å². The Hall–Kier alpha value is -3.15. The Labute approximate surface area is 484 Å². The van der Waals surface area contributed by atoms with Crippen LogP contribution in [-0.4, -0.2) is 37.2 Å². The van der Waals surface area contributed by atoms with Crippen molar-refractivity contribution in [3.63, 3.8) is 0 Å². The standard InChI is InChI=1S/C72H128O6/c1-4-7-10-13-16-19-22-25-28-30-31-32-33-34-35-36-37-38-39-40-42-44-47-50-53-56-59-62-65-71(74)77-68-69(67-76-70(73)64-61-58-55-52-49-46-43-27-24-21-18-15-12-9-6-3)78-72(75)66-63-60-57-54-51-48-45-41-29-26-23-20-17-14-11-8-5-2/h8,11,17,20,26-27,29,43,45,48,54,57,69H,4-7,9-10,12-16,18-19,21-25,28,30-42,44,46-47,49-53,55-56,58-68H2,1-3H3/b11-8-,20-17-,29-26-,43-27-,48-45-,57-54-. The zero-order chi connectivity index (χ0) is 56.4. The third-order valence-electron chi connectivity index (χ3n) is 14.9. The Morgan fingerprint density at radius 2 is 0.513 bits per heavy atom. The number of allylic oxidation sites excluding steroid dienone is 12. The van der Waals surface area contributed by atoms with Crippen LogP contribution in [-0.2, 0) is 28.6 Å². The number of esters is 3. The van der Waals surface area contributed by atoms with Crippen LogP contribution in [0.25, 0.3) is 0 Å². The Balaban J connectivity index is 4.28. The van der Waals surface area contributed by atoms with Crippen molar-refractivity contribution in [3.8, 4) is 0 Å². The Bertz CT molecular complexity index is 1440. The van der Waals surface area contributed by atoms with Gasteiger partial charge in [0.1, 0.15) is 13.2 Å². The second-order valence-corrected chi connectivity index (χ2v) is 22.7. The third kappa shape index (κ3) is 63.7. The van der Waals surface area contributed by atoms with E-state index in [9.17, 15) is 14.4 Å². The van der Waals surface area contributed by atoms with E-state index in [1.165, 1.54) is 218 Å². The summed E-state index contributed by atoms with van der Waals surface area (Å²) >= 11 is 0. The molecule has 0 aromatic rings. The molecule has 452 valence electrons. The van der Waals surface area contributed by atoms with E-state index in [-0.39, 0.29) is 37.5 Å². The minimum atomic E-state index is -0.808. The number of hydrogen-bond donors (Lipinski definition) is 0. The molecular weight excluding hydrogens is 961 g/mol. The van der Waals surface area contributed by atoms with Crippen LogP contribution in [0.5, 0.6) is 0 Å². The van der Waals surface area contributed by atoms with Gasteiger partial charge < -0.3 is 14.2 Å². The normalized spacial score (nSPS) is 12.5. The van der Waals surface area contributed by atoms with E-state index in [1.807, 2.05) is 0 Å². The first-order valence-electron chi connectivity index (χ1n) is 33.9. The molecule has 0 bridgehead atoms. The number of carbonyl (C=O) groups excluding carboxylic acids is 3. The number of hydrogen-bond acceptors (Lipinski definition) is 6. The molecule has 6 heteroatoms. The highest BCUT2D eigenvalue weighted by Gasteiger charge is 2.19. The van der Waals surface area contributed by atoms with Crippen molar-refractivity contribution in [1.82, 2.24) is 0 Å². The van der Waals surface area contributed by atoms with Crippen LogP contribution < -0.4 is 0 Å². The van der Waals surface area contributed by atoms with Crippen molar-refractivity contribution in [3.05, 3.63) is 72.9 Å². The predicted molar refractivity (Wildman–Crippen MR) is 339 cm³/mol. The lowest BCUT2D eigenvalue weighted by atomic mass is 10.0. The summed E-state index contributed by atoms with van der Waals surface area (Å²) in [7, 11) is 0. The maximum absolute atomic E-state index is 12.9. The van der Waals surface area contributed by atoms with Gasteiger partial charge in [0, 0.05) is 19.3 Å². The molecule has 0 aliphatic carbocycles. The summed E-state index contributed by atoms with van der Waals surface area (Å²) in [5.74, 6) is -0.949. The molecule has 0 spiro atoms. The molecule has 78 heavy (non-hydrogen) atoms. The Morgan fingerprint density at radius 1 is 0.269 bits per heavy atom. The fourth-order valence-electron chi connectivity index (χ4n) is 9.89. The first-order chi connectivity index (χ1) is 38.5. The molecular formula is C72H128O6. The molecule has 0 aliphatic rings. The molecule has 0 saturated heterocycles. The van der Waals surface area contributed by atoms with E-state index < -0.39 is 6.10 Å². The van der Waals surface area contributed by atoms with E-state index in [2.05, 4.69) is 93.7 Å². The van der Waals surface area contributed by atoms with Crippen LogP contribution in [0, 0.1) is 0 Å². The maximum Gasteiger partial charge on any atom is 0.306 e. The highest BCUT2D eigenvalue weighted by atomic mass is 16.6. The summed E-state index contributed by atoms with van der Waals surface area (Å²) in [6, 6.07) is 0. The topological polar surface area (TPSA) is 78.9 Å². The van der Waals surface area contributed by atoms with E-state index >= 15 is 0 Å². The van der Waals surface area contributed by atoms with Gasteiger partial charge in [-0.15, -0.1) is 0 Å². The first kappa shape index (κ1) is 74.8. The molecule has 0 N–H and O–H groups in total. The molecule has 0 aromatic heterocycles. The monoisotopic (exact) mass is 1090 g/mol. The Morgan fingerprint density at radius 3 is 0.833 bits per heavy atom. The zero-order valence-electron chi connectivity index (χ0n) is 51.9. The van der Waals surface area contributed by atoms with Crippen LogP contribution in [0.3, 0.4) is 0 Å². The lowest BCUT2D eigenvalue weighted by Gasteiger charge is -2.18. The summed E-state index contributed by atoms with van der Waals surface area (Å²) < 4.78 is 16.9. The van der Waals surface area contributed by atoms with E-state index in [4.69, 9.17) is 14.2 Å². The quantitative estimate of drug-likeness (QED) is 0.0261. The van der Waals surface area contributed by atoms with Crippen LogP contribution >= 0.6 is 0 Å². The molecule has 6 nitrogen and oxygen atoms in total. The average molecular weight is 1090 g/mol. The van der Waals surface area contributed by atoms with Crippen molar-refractivity contribution in [2.24, 2.45) is 0 Å². The number of carbonyl (C=O) groups is 3. The van der Waals surface area contributed by atoms with Gasteiger partial charge in [-0.1, -0.05) is 318 Å². The average Bonchev–Trinajstić information content (AvgIpc) is 3.44. The third-order valence-corrected chi connectivity index (χ3v) is 14.9. The molecule has 0 aliphatic heterocycles. The van der Waals surface area contributed by atoms with Crippen LogP contribution in [0.15, 0.2) is 72.9 Å². The van der Waals surface area contributed by atoms with E-state index in [0.29, 0.717) is 19.3 Å². The number of rotatable bonds is 62. The van der Waals surface area contributed by atoms with Gasteiger partial charge in [0.05, 0.1) is 0 Å². The summed E-state index contributed by atoms with van der Waals surface area (Å²) in [6.07, 6.45) is 86.6. The van der Waals surface area contributed by atoms with Crippen LogP contribution in [0.2, 0.25) is 0 Å². The summed E-state index contributed by atoms with van der Waals surface area (Å²) in [6.45, 7) is 6.52. The van der Waals surface area contributed by atoms with Gasteiger partial charge in [0.2, 0.25) is 0 Å². The van der Waals surface area contributed by atoms with Gasteiger partial charge in [-0.25, -0.2) is 0 Å². The van der Waals surface area contributed by atoms with Crippen molar-refractivity contribution in [2.45, 2.75) is 354 Å². The van der Waals surface area contributed by atoms with Gasteiger partial charge in [0.15, 0.2) is 6.10 Å². The number of ether oxygens (including phenoxy) is 3. The van der Waals surface area contributed by atoms with Crippen LogP contribution in [0.4, 0.5) is 0 Å². The van der Waals surface area contributed by atoms with Crippen molar-refractivity contribution >= 4 is 17.9 Å². The smallest absolute Gasteiger partial charge is 0.306 e. The largest absolute Gasteiger partial charge is 0.462 e. The van der Waals surface area contributed by atoms with Gasteiger partial charge in [-0.05, 0) is 83.5 Å². The molecule has 0 aromatic carbocycles. The number of unbranched alkanes of at least 4 members (excludes halogenated alkanes) is 39. The Kier molecular flexibility index (Phi) is 63.7. The second kappa shape index (κ2) is 66.4. The maximum atomic E-state index is 12.9. The predicted octanol–water partition coefficient (Wildman–Crippen LogP) is 23.3. The zero-order valence-corrected chi connectivity index (χ0v) is 51.9. The second-order valence-electron chi connectivity index (χ2n) is 22.7. The van der Waals surface area contributed by atoms with Crippen molar-refractivity contribution < 1.29 is 28.6 Å². The highest BCUT2D eigenvalue weighted by Crippen LogP contribution is 2.18. The van der Waals surface area contributed by atoms with Crippen LogP contribution in [0.1, 0.15) is 348 Å². The van der Waals surface area contributed by atoms with Gasteiger partial charge in [0.25, 0.3) is 0 Å². The molecule has 0 amide bonds. The molecule has 0 saturated carbocycles. The van der Waals surface area contributed by atoms with Gasteiger partial charge in [-0.2, -0.15) is 0 Å². The van der Waals surface area contributed by atoms with E-state index in [0.717, 1.165) is 83.5 Å². The summed E-state index contributed by atoms with van der Waals surface area (Å²) in [5.41, 5.74) is 0. The van der Waals surface area contributed by atoms with Crippen molar-refractivity contribution in [1.29, 1.82) is 0 Å². The fourth-order valence-corrected chi connectivity index (χ4v) is 9.89. The first-order valence-corrected chi connectivity index (χ1v) is 33.9. The molecule has 1 atom stereocenters. The highest BCUT2D eigenvalue weighted by molar-refractivity contribution is 5.71. The molecule has 0 fully saturated rings. The SMILES string of the molecule is CC/C=C\C/C=C\C/C=C\C/C=C\C/C=C\CCCC(=O)OC(COC(=O)CCCCCCC/C=C\CCCCCCCC)COC(=O)CCCCCCCCCCCCCCCCCCCCCCCCCCCCCC. The molecule has 0 heterocycles. The minimum Gasteiger partial charge on any atom is -0.462 e. The van der Waals surface area contributed by atoms with Gasteiger partial charge in [-0.3, -0.25) is 14.4 Å². The molecule has 1 unspecified atom stereocenters. The fraction of sp³-hybridized carbons (Fsp3) is 0.792. The lowest BCUT2D eigenvalue weighted by molar-refractivity contribution is -0.167. The summed E-state index contributed by atoms with van der Waals surface area (Å²) in [5, 5.41) is 0. The van der Waals surface area contributed by atoms with Gasteiger partial charge >= 0.3 is 17.9 Å². The molecule has 0 radical (unpaired) electrons.